The van der Waals surface area contributed by atoms with E-state index in [1.165, 1.54) is 6.92 Å². The molecule has 0 atom stereocenters. The quantitative estimate of drug-likeness (QED) is 0.787. The standard InChI is InChI=1S/C15H16N2O2/c1-4-13-15(8-5-10(2)17-13)19-12-6-7-14(11(3)18)16-9-12/h5-9H,4H2,1-3H3. The van der Waals surface area contributed by atoms with Crippen LogP contribution in [0, 0.1) is 6.92 Å². The number of Topliss-reactive ketones (excluding diaryl/α,β-unsaturated/α-hetero) is 1. The first-order valence-corrected chi connectivity index (χ1v) is 6.21. The summed E-state index contributed by atoms with van der Waals surface area (Å²) in [6, 6.07) is 7.21. The number of hydrogen-bond donors (Lipinski definition) is 0. The van der Waals surface area contributed by atoms with E-state index >= 15 is 0 Å². The summed E-state index contributed by atoms with van der Waals surface area (Å²) < 4.78 is 5.75. The van der Waals surface area contributed by atoms with Crippen molar-refractivity contribution in [1.82, 2.24) is 9.97 Å². The van der Waals surface area contributed by atoms with E-state index in [1.807, 2.05) is 26.0 Å². The first kappa shape index (κ1) is 13.2. The topological polar surface area (TPSA) is 52.1 Å². The Bertz CT molecular complexity index is 592. The van der Waals surface area contributed by atoms with Crippen LogP contribution in [0.2, 0.25) is 0 Å². The number of pyridine rings is 2. The van der Waals surface area contributed by atoms with Crippen molar-refractivity contribution in [3.63, 3.8) is 0 Å². The number of nitrogens with zero attached hydrogens (tertiary/aromatic N) is 2. The second-order valence-corrected chi connectivity index (χ2v) is 4.29. The molecule has 0 N–H and O–H groups in total. The van der Waals surface area contributed by atoms with Gasteiger partial charge in [0.15, 0.2) is 5.78 Å². The first-order valence-electron chi connectivity index (χ1n) is 6.21. The Labute approximate surface area is 112 Å². The molecule has 2 aromatic rings. The molecule has 0 spiro atoms. The van der Waals surface area contributed by atoms with Crippen LogP contribution in [0.25, 0.3) is 0 Å². The maximum atomic E-state index is 11.1. The molecule has 0 amide bonds. The van der Waals surface area contributed by atoms with Crippen molar-refractivity contribution in [2.45, 2.75) is 27.2 Å². The fraction of sp³-hybridized carbons (Fsp3) is 0.267. The molecule has 19 heavy (non-hydrogen) atoms. The van der Waals surface area contributed by atoms with E-state index in [4.69, 9.17) is 4.74 Å². The van der Waals surface area contributed by atoms with E-state index in [1.54, 1.807) is 18.3 Å². The summed E-state index contributed by atoms with van der Waals surface area (Å²) in [5.74, 6) is 1.27. The number of aromatic nitrogens is 2. The Hall–Kier alpha value is -2.23. The second kappa shape index (κ2) is 5.61. The van der Waals surface area contributed by atoms with Gasteiger partial charge in [0, 0.05) is 12.6 Å². The molecule has 0 aliphatic rings. The maximum absolute atomic E-state index is 11.1. The minimum atomic E-state index is -0.0576. The largest absolute Gasteiger partial charge is 0.454 e. The van der Waals surface area contributed by atoms with E-state index in [9.17, 15) is 4.79 Å². The van der Waals surface area contributed by atoms with E-state index in [0.29, 0.717) is 11.4 Å². The lowest BCUT2D eigenvalue weighted by molar-refractivity contribution is 0.101. The summed E-state index contributed by atoms with van der Waals surface area (Å²) in [5.41, 5.74) is 2.31. The molecular weight excluding hydrogens is 240 g/mol. The second-order valence-electron chi connectivity index (χ2n) is 4.29. The van der Waals surface area contributed by atoms with Gasteiger partial charge in [0.1, 0.15) is 17.2 Å². The lowest BCUT2D eigenvalue weighted by Gasteiger charge is -2.09. The first-order chi connectivity index (χ1) is 9.10. The average Bonchev–Trinajstić information content (AvgIpc) is 2.41. The van der Waals surface area contributed by atoms with Gasteiger partial charge in [-0.15, -0.1) is 0 Å². The van der Waals surface area contributed by atoms with E-state index in [0.717, 1.165) is 23.6 Å². The number of ether oxygens (including phenoxy) is 1. The molecule has 0 aromatic carbocycles. The molecule has 0 fully saturated rings. The molecule has 0 unspecified atom stereocenters. The molecule has 4 nitrogen and oxygen atoms in total. The minimum absolute atomic E-state index is 0.0576. The highest BCUT2D eigenvalue weighted by atomic mass is 16.5. The maximum Gasteiger partial charge on any atom is 0.178 e. The summed E-state index contributed by atoms with van der Waals surface area (Å²) in [5, 5.41) is 0. The molecule has 4 heteroatoms. The molecule has 0 aliphatic heterocycles. The van der Waals surface area contributed by atoms with Crippen LogP contribution >= 0.6 is 0 Å². The predicted octanol–water partition coefficient (Wildman–Crippen LogP) is 3.34. The Morgan fingerprint density at radius 3 is 2.63 bits per heavy atom. The zero-order valence-corrected chi connectivity index (χ0v) is 11.3. The number of ketones is 1. The van der Waals surface area contributed by atoms with Crippen LogP contribution < -0.4 is 4.74 Å². The van der Waals surface area contributed by atoms with E-state index < -0.39 is 0 Å². The molecule has 0 saturated carbocycles. The number of rotatable bonds is 4. The van der Waals surface area contributed by atoms with E-state index in [2.05, 4.69) is 9.97 Å². The molecular formula is C15H16N2O2. The fourth-order valence-corrected chi connectivity index (χ4v) is 1.72. The molecule has 2 rings (SSSR count). The molecule has 2 aromatic heterocycles. The Balaban J connectivity index is 2.23. The van der Waals surface area contributed by atoms with Crippen LogP contribution in [0.15, 0.2) is 30.5 Å². The monoisotopic (exact) mass is 256 g/mol. The summed E-state index contributed by atoms with van der Waals surface area (Å²) in [6.45, 7) is 5.47. The zero-order valence-electron chi connectivity index (χ0n) is 11.3. The van der Waals surface area contributed by atoms with Crippen LogP contribution in [0.3, 0.4) is 0 Å². The van der Waals surface area contributed by atoms with Crippen LogP contribution in [0.5, 0.6) is 11.5 Å². The van der Waals surface area contributed by atoms with Crippen LogP contribution in [0.1, 0.15) is 35.7 Å². The molecule has 0 saturated heterocycles. The minimum Gasteiger partial charge on any atom is -0.454 e. The Kier molecular flexibility index (Phi) is 3.90. The highest BCUT2D eigenvalue weighted by molar-refractivity contribution is 5.92. The van der Waals surface area contributed by atoms with Gasteiger partial charge in [0.05, 0.1) is 11.9 Å². The predicted molar refractivity (Wildman–Crippen MR) is 72.7 cm³/mol. The molecule has 0 bridgehead atoms. The summed E-state index contributed by atoms with van der Waals surface area (Å²) >= 11 is 0. The van der Waals surface area contributed by atoms with E-state index in [-0.39, 0.29) is 5.78 Å². The SMILES string of the molecule is CCc1nc(C)ccc1Oc1ccc(C(C)=O)nc1. The molecule has 2 heterocycles. The highest BCUT2D eigenvalue weighted by Crippen LogP contribution is 2.24. The van der Waals surface area contributed by atoms with Gasteiger partial charge in [-0.3, -0.25) is 9.78 Å². The molecule has 0 aliphatic carbocycles. The van der Waals surface area contributed by atoms with Gasteiger partial charge in [-0.25, -0.2) is 4.98 Å². The summed E-state index contributed by atoms with van der Waals surface area (Å²) in [4.78, 5) is 19.6. The van der Waals surface area contributed by atoms with Gasteiger partial charge in [-0.05, 0) is 37.6 Å². The summed E-state index contributed by atoms with van der Waals surface area (Å²) in [6.07, 6.45) is 2.35. The van der Waals surface area contributed by atoms with Crippen molar-refractivity contribution in [3.8, 4) is 11.5 Å². The van der Waals surface area contributed by atoms with Gasteiger partial charge in [0.25, 0.3) is 0 Å². The van der Waals surface area contributed by atoms with Gasteiger partial charge >= 0.3 is 0 Å². The number of aryl methyl sites for hydroxylation is 2. The van der Waals surface area contributed by atoms with Gasteiger partial charge in [0.2, 0.25) is 0 Å². The third-order valence-electron chi connectivity index (χ3n) is 2.73. The lowest BCUT2D eigenvalue weighted by Crippen LogP contribution is -1.98. The third kappa shape index (κ3) is 3.16. The van der Waals surface area contributed by atoms with Crippen molar-refractivity contribution in [3.05, 3.63) is 47.5 Å². The van der Waals surface area contributed by atoms with Crippen LogP contribution in [-0.2, 0) is 6.42 Å². The Morgan fingerprint density at radius 2 is 2.05 bits per heavy atom. The fourth-order valence-electron chi connectivity index (χ4n) is 1.72. The van der Waals surface area contributed by atoms with Gasteiger partial charge < -0.3 is 4.74 Å². The smallest absolute Gasteiger partial charge is 0.178 e. The highest BCUT2D eigenvalue weighted by Gasteiger charge is 2.07. The van der Waals surface area contributed by atoms with Crippen LogP contribution in [-0.4, -0.2) is 15.8 Å². The number of carbonyl (C=O) groups excluding carboxylic acids is 1. The summed E-state index contributed by atoms with van der Waals surface area (Å²) in [7, 11) is 0. The van der Waals surface area contributed by atoms with Gasteiger partial charge in [-0.1, -0.05) is 6.92 Å². The zero-order chi connectivity index (χ0) is 13.8. The van der Waals surface area contributed by atoms with Gasteiger partial charge in [-0.2, -0.15) is 0 Å². The van der Waals surface area contributed by atoms with Crippen molar-refractivity contribution >= 4 is 5.78 Å². The van der Waals surface area contributed by atoms with Crippen molar-refractivity contribution in [1.29, 1.82) is 0 Å². The molecule has 98 valence electrons. The third-order valence-corrected chi connectivity index (χ3v) is 2.73. The Morgan fingerprint density at radius 1 is 1.26 bits per heavy atom. The van der Waals surface area contributed by atoms with Crippen molar-refractivity contribution in [2.24, 2.45) is 0 Å². The lowest BCUT2D eigenvalue weighted by atomic mass is 10.2. The van der Waals surface area contributed by atoms with Crippen molar-refractivity contribution < 1.29 is 9.53 Å². The average molecular weight is 256 g/mol. The molecule has 0 radical (unpaired) electrons. The number of carbonyl (C=O) groups is 1. The normalized spacial score (nSPS) is 10.3. The number of hydrogen-bond acceptors (Lipinski definition) is 4. The van der Waals surface area contributed by atoms with Crippen LogP contribution in [0.4, 0.5) is 0 Å². The van der Waals surface area contributed by atoms with Crippen molar-refractivity contribution in [2.75, 3.05) is 0 Å².